The molecule has 0 aromatic heterocycles. The second-order valence-electron chi connectivity index (χ2n) is 28.6. The van der Waals surface area contributed by atoms with Gasteiger partial charge in [-0.3, -0.25) is 57.5 Å². The van der Waals surface area contributed by atoms with Gasteiger partial charge in [-0.2, -0.15) is 13.2 Å². The minimum Gasteiger partial charge on any atom is -0.343 e. The van der Waals surface area contributed by atoms with E-state index in [1.807, 2.05) is 46.8 Å². The standard InChI is InChI=1S/C72H106ClF3N12O12/c1-15-46(6)61-68(98)82(10)42-59(91)80(8)43-60(92)84(12)55(39-49-26-24-45(5)25-27-49)66(96)81(9)41-57(89)77-52(31-29-48-28-30-50(51(73)38-48)72(74,75)76)65(95)88-36-22-23-53(88)64(94)79-71(32-18-19-33-71)70(100)86(14)62(47(7)16-2)69(99)85(13)56(67(97)87-34-20-17-21-35-87)40-58(90)83(11)54(37-44(3)4)63(93)78-61/h24-28,30,38,44,46-47,52-56,61-62H,15-23,29,31-37,39-43H2,1-14H3,(H,77,89)(H,78,93)(H,79,94)/t46-,47-,52-,53?,54-,55-,56-,61-,62-/m0/s1. The molecule has 28 heteroatoms. The van der Waals surface area contributed by atoms with E-state index in [1.165, 1.54) is 75.0 Å². The zero-order chi connectivity index (χ0) is 74.4. The van der Waals surface area contributed by atoms with Crippen LogP contribution in [0.1, 0.15) is 154 Å². The van der Waals surface area contributed by atoms with Crippen LogP contribution in [-0.4, -0.2) is 251 Å². The van der Waals surface area contributed by atoms with E-state index in [1.54, 1.807) is 30.9 Å². The number of hydrogen-bond acceptors (Lipinski definition) is 12. The third-order valence-electron chi connectivity index (χ3n) is 20.7. The molecule has 24 nitrogen and oxygen atoms in total. The maximum Gasteiger partial charge on any atom is 0.417 e. The number of rotatable bonds is 12. The largest absolute Gasteiger partial charge is 0.417 e. The van der Waals surface area contributed by atoms with Gasteiger partial charge in [0, 0.05) is 75.4 Å². The zero-order valence-electron chi connectivity index (χ0n) is 60.8. The van der Waals surface area contributed by atoms with Crippen LogP contribution in [0, 0.1) is 24.7 Å². The summed E-state index contributed by atoms with van der Waals surface area (Å²) >= 11 is 6.14. The molecule has 6 rings (SSSR count). The van der Waals surface area contributed by atoms with Crippen LogP contribution in [0.2, 0.25) is 5.02 Å². The smallest absolute Gasteiger partial charge is 0.343 e. The predicted octanol–water partition coefficient (Wildman–Crippen LogP) is 5.47. The maximum atomic E-state index is 15.5. The molecule has 2 aromatic rings. The van der Waals surface area contributed by atoms with Crippen LogP contribution in [0.3, 0.4) is 0 Å². The van der Waals surface area contributed by atoms with Crippen molar-refractivity contribution >= 4 is 82.5 Å². The van der Waals surface area contributed by atoms with Crippen molar-refractivity contribution in [3.63, 3.8) is 0 Å². The molecule has 4 fully saturated rings. The highest BCUT2D eigenvalue weighted by molar-refractivity contribution is 6.31. The van der Waals surface area contributed by atoms with E-state index >= 15 is 24.0 Å². The van der Waals surface area contributed by atoms with Gasteiger partial charge in [0.1, 0.15) is 47.8 Å². The number of nitrogens with zero attached hydrogens (tertiary/aromatic N) is 9. The number of piperidine rings is 1. The molecule has 100 heavy (non-hydrogen) atoms. The van der Waals surface area contributed by atoms with Crippen molar-refractivity contribution in [1.29, 1.82) is 0 Å². The lowest BCUT2D eigenvalue weighted by molar-refractivity contribution is -0.156. The van der Waals surface area contributed by atoms with Crippen LogP contribution >= 0.6 is 11.6 Å². The summed E-state index contributed by atoms with van der Waals surface area (Å²) in [7, 11) is 9.72. The van der Waals surface area contributed by atoms with Crippen molar-refractivity contribution < 1.29 is 70.7 Å². The number of halogens is 4. The first-order chi connectivity index (χ1) is 47.0. The Balaban J connectivity index is 1.44. The van der Waals surface area contributed by atoms with Crippen LogP contribution in [0.4, 0.5) is 13.2 Å². The summed E-state index contributed by atoms with van der Waals surface area (Å²) in [6, 6.07) is 1.26. The van der Waals surface area contributed by atoms with Crippen LogP contribution in [0.15, 0.2) is 42.5 Å². The van der Waals surface area contributed by atoms with Gasteiger partial charge in [-0.25, -0.2) is 0 Å². The van der Waals surface area contributed by atoms with Gasteiger partial charge in [0.2, 0.25) is 70.9 Å². The quantitative estimate of drug-likeness (QED) is 0.239. The first-order valence-corrected chi connectivity index (χ1v) is 35.6. The fourth-order valence-electron chi connectivity index (χ4n) is 13.9. The molecule has 1 unspecified atom stereocenters. The molecule has 0 bridgehead atoms. The summed E-state index contributed by atoms with van der Waals surface area (Å²) in [5.74, 6) is -9.42. The Bertz CT molecular complexity index is 3290. The zero-order valence-corrected chi connectivity index (χ0v) is 61.6. The van der Waals surface area contributed by atoms with Crippen molar-refractivity contribution in [3.8, 4) is 0 Å². The molecule has 2 aromatic carbocycles. The molecule has 4 aliphatic rings. The number of benzene rings is 2. The molecule has 3 heterocycles. The van der Waals surface area contributed by atoms with Gasteiger partial charge >= 0.3 is 6.18 Å². The Morgan fingerprint density at radius 3 is 1.80 bits per heavy atom. The van der Waals surface area contributed by atoms with Crippen LogP contribution in [0.25, 0.3) is 0 Å². The third-order valence-corrected chi connectivity index (χ3v) is 21.0. The van der Waals surface area contributed by atoms with Crippen LogP contribution < -0.4 is 16.0 Å². The number of nitrogens with one attached hydrogen (secondary N) is 3. The Morgan fingerprint density at radius 2 is 1.21 bits per heavy atom. The fourth-order valence-corrected chi connectivity index (χ4v) is 14.2. The highest BCUT2D eigenvalue weighted by Gasteiger charge is 2.51. The molecular formula is C72H106ClF3N12O12. The number of aryl methyl sites for hydroxylation is 2. The predicted molar refractivity (Wildman–Crippen MR) is 370 cm³/mol. The molecule has 1 aliphatic carbocycles. The third kappa shape index (κ3) is 20.2. The second kappa shape index (κ2) is 35.7. The normalized spacial score (nSPS) is 25.0. The topological polar surface area (TPSA) is 270 Å². The molecule has 554 valence electrons. The van der Waals surface area contributed by atoms with E-state index in [0.29, 0.717) is 63.6 Å². The lowest BCUT2D eigenvalue weighted by atomic mass is 9.90. The second-order valence-corrected chi connectivity index (χ2v) is 29.0. The molecule has 9 atom stereocenters. The van der Waals surface area contributed by atoms with E-state index in [9.17, 15) is 46.7 Å². The van der Waals surface area contributed by atoms with Crippen molar-refractivity contribution in [2.75, 3.05) is 88.6 Å². The minimum absolute atomic E-state index is 0.0160. The number of likely N-dealkylation sites (N-methyl/N-ethyl adjacent to an activating group) is 7. The van der Waals surface area contributed by atoms with E-state index in [0.717, 1.165) is 43.7 Å². The van der Waals surface area contributed by atoms with Gasteiger partial charge in [0.15, 0.2) is 0 Å². The number of hydrogen-bond donors (Lipinski definition) is 3. The molecule has 3 saturated heterocycles. The molecule has 1 saturated carbocycles. The number of fused-ring (bicyclic) bond motifs is 1. The summed E-state index contributed by atoms with van der Waals surface area (Å²) in [5, 5.41) is 8.06. The monoisotopic (exact) mass is 1420 g/mol. The van der Waals surface area contributed by atoms with Gasteiger partial charge in [-0.05, 0) is 112 Å². The summed E-state index contributed by atoms with van der Waals surface area (Å²) in [4.78, 5) is 190. The summed E-state index contributed by atoms with van der Waals surface area (Å²) in [6.45, 7) is 11.7. The first-order valence-electron chi connectivity index (χ1n) is 35.2. The lowest BCUT2D eigenvalue weighted by Crippen LogP contribution is -2.65. The van der Waals surface area contributed by atoms with Gasteiger partial charge in [-0.1, -0.05) is 115 Å². The Morgan fingerprint density at radius 1 is 0.620 bits per heavy atom. The highest BCUT2D eigenvalue weighted by atomic mass is 35.5. The number of carbonyl (C=O) groups excluding carboxylic acids is 12. The number of amides is 12. The highest BCUT2D eigenvalue weighted by Crippen LogP contribution is 2.37. The number of likely N-dealkylation sites (tertiary alicyclic amines) is 1. The van der Waals surface area contributed by atoms with E-state index < -0.39 is 173 Å². The molecule has 0 radical (unpaired) electrons. The van der Waals surface area contributed by atoms with Crippen molar-refractivity contribution in [2.45, 2.75) is 205 Å². The van der Waals surface area contributed by atoms with E-state index in [4.69, 9.17) is 11.6 Å². The average molecular weight is 1420 g/mol. The molecule has 1 spiro atoms. The van der Waals surface area contributed by atoms with Crippen molar-refractivity contribution in [3.05, 3.63) is 69.7 Å². The molecular weight excluding hydrogens is 1320 g/mol. The fraction of sp³-hybridized carbons (Fsp3) is 0.667. The van der Waals surface area contributed by atoms with E-state index in [2.05, 4.69) is 16.0 Å². The molecule has 12 amide bonds. The van der Waals surface area contributed by atoms with Gasteiger partial charge in [-0.15, -0.1) is 0 Å². The number of alkyl halides is 3. The van der Waals surface area contributed by atoms with E-state index in [-0.39, 0.29) is 63.0 Å². The van der Waals surface area contributed by atoms with Crippen molar-refractivity contribution in [1.82, 2.24) is 60.0 Å². The Hall–Kier alpha value is -7.84. The lowest BCUT2D eigenvalue weighted by Gasteiger charge is -2.42. The Kier molecular flexibility index (Phi) is 28.9. The molecule has 3 N–H and O–H groups in total. The van der Waals surface area contributed by atoms with Crippen LogP contribution in [-0.2, 0) is 76.6 Å². The van der Waals surface area contributed by atoms with Gasteiger partial charge in [0.05, 0.1) is 36.6 Å². The Labute approximate surface area is 592 Å². The summed E-state index contributed by atoms with van der Waals surface area (Å²) < 4.78 is 41.6. The number of carbonyl (C=O) groups is 12. The van der Waals surface area contributed by atoms with Gasteiger partial charge in [0.25, 0.3) is 0 Å². The molecule has 3 aliphatic heterocycles. The SMILES string of the molecule is CC[C@H](C)[C@@H]1NC(=O)[C@H](CC(C)C)N(C)C(=O)C[C@@H](C(=O)N2CCCCC2)N(C)C(=O)[C@H]([C@@H](C)CC)N(C)C(=O)C2(CCCC2)NC(=O)C2CCCN2C(=O)[C@H](CCc2ccc(C(F)(F)F)c(Cl)c2)NC(=O)CN(C)C(=O)[C@H](Cc2ccc(C)cc2)N(C)C(=O)CN(C)C(=O)CN(C)C1=O. The summed E-state index contributed by atoms with van der Waals surface area (Å²) in [5.41, 5.74) is -0.850. The average Bonchev–Trinajstić information content (AvgIpc) is 1.24. The van der Waals surface area contributed by atoms with Gasteiger partial charge < -0.3 is 60.0 Å². The first kappa shape index (κ1) is 81.1. The minimum atomic E-state index is -4.77. The summed E-state index contributed by atoms with van der Waals surface area (Å²) in [6.07, 6.45) is -0.921. The van der Waals surface area contributed by atoms with Crippen molar-refractivity contribution in [2.24, 2.45) is 17.8 Å². The maximum absolute atomic E-state index is 15.5. The van der Waals surface area contributed by atoms with Crippen LogP contribution in [0.5, 0.6) is 0 Å².